The number of rotatable bonds is 15. The van der Waals surface area contributed by atoms with Crippen molar-refractivity contribution < 1.29 is 27.4 Å². The Hall–Kier alpha value is -3.76. The van der Waals surface area contributed by atoms with E-state index >= 15 is 8.78 Å². The van der Waals surface area contributed by atoms with Crippen LogP contribution in [0.2, 0.25) is 0 Å². The molecule has 0 saturated carbocycles. The van der Waals surface area contributed by atoms with Crippen molar-refractivity contribution in [3.63, 3.8) is 0 Å². The van der Waals surface area contributed by atoms with Gasteiger partial charge in [-0.2, -0.15) is 0 Å². The quantitative estimate of drug-likeness (QED) is 0.173. The average Bonchev–Trinajstić information content (AvgIpc) is 3.01. The van der Waals surface area contributed by atoms with Crippen molar-refractivity contribution in [3.05, 3.63) is 100 Å². The van der Waals surface area contributed by atoms with Crippen molar-refractivity contribution in [1.82, 2.24) is 0 Å². The molecule has 0 aliphatic rings. The summed E-state index contributed by atoms with van der Waals surface area (Å²) in [4.78, 5) is 3.93. The fourth-order valence-electron chi connectivity index (χ4n) is 4.33. The number of halogens is 3. The highest BCUT2D eigenvalue weighted by atomic mass is 32.2. The van der Waals surface area contributed by atoms with E-state index in [2.05, 4.69) is 0 Å². The second-order valence-corrected chi connectivity index (χ2v) is 10.6. The molecule has 3 aromatic rings. The molecule has 0 saturated heterocycles. The standard InChI is InChI=1S/C33H40F3N3O3S/c1-7-22(3)33(43-21-27-28(35)19-26(20-29(27)36)42-17-9-16-37)39(24-12-10-23(34)11-13-24)32(8-2)38(4)25-14-15-30(40-5)31(18-25)41-6/h8,10-15,18-20H,7,9,16-17,21,37H2,1-6H3/b32-8-,33-22+. The molecule has 0 aromatic heterocycles. The van der Waals surface area contributed by atoms with E-state index in [1.54, 1.807) is 26.4 Å². The van der Waals surface area contributed by atoms with E-state index in [0.717, 1.165) is 22.1 Å². The van der Waals surface area contributed by atoms with Gasteiger partial charge in [0.25, 0.3) is 0 Å². The lowest BCUT2D eigenvalue weighted by molar-refractivity contribution is 0.309. The van der Waals surface area contributed by atoms with Gasteiger partial charge in [0.05, 0.1) is 25.9 Å². The molecule has 0 spiro atoms. The summed E-state index contributed by atoms with van der Waals surface area (Å²) in [6.45, 7) is 6.59. The Morgan fingerprint density at radius 3 is 2.12 bits per heavy atom. The predicted molar refractivity (Wildman–Crippen MR) is 170 cm³/mol. The third-order valence-corrected chi connectivity index (χ3v) is 8.09. The van der Waals surface area contributed by atoms with Crippen molar-refractivity contribution in [2.75, 3.05) is 44.2 Å². The SMILES string of the molecule is C/C=C(/N(C)c1ccc(OC)c(OC)c1)N(/C(SCc1c(F)cc(OCCCN)cc1F)=C(/C)CC)c1ccc(F)cc1. The van der Waals surface area contributed by atoms with Crippen LogP contribution in [0, 0.1) is 17.5 Å². The summed E-state index contributed by atoms with van der Waals surface area (Å²) >= 11 is 1.30. The van der Waals surface area contributed by atoms with E-state index in [1.807, 2.05) is 61.9 Å². The highest BCUT2D eigenvalue weighted by Crippen LogP contribution is 2.40. The monoisotopic (exact) mass is 615 g/mol. The summed E-state index contributed by atoms with van der Waals surface area (Å²) in [5, 5.41) is 0.761. The van der Waals surface area contributed by atoms with E-state index < -0.39 is 11.6 Å². The lowest BCUT2D eigenvalue weighted by atomic mass is 10.2. The van der Waals surface area contributed by atoms with Gasteiger partial charge in [-0.25, -0.2) is 13.2 Å². The fraction of sp³-hybridized carbons (Fsp3) is 0.333. The molecule has 0 fully saturated rings. The van der Waals surface area contributed by atoms with Crippen LogP contribution in [0.15, 0.2) is 77.1 Å². The molecule has 3 aromatic carbocycles. The number of allylic oxidation sites excluding steroid dienone is 2. The van der Waals surface area contributed by atoms with Crippen LogP contribution in [0.3, 0.4) is 0 Å². The minimum atomic E-state index is -0.689. The lowest BCUT2D eigenvalue weighted by Crippen LogP contribution is -2.33. The number of nitrogens with zero attached hydrogens (tertiary/aromatic N) is 2. The van der Waals surface area contributed by atoms with Gasteiger partial charge in [0.1, 0.15) is 29.0 Å². The van der Waals surface area contributed by atoms with Gasteiger partial charge in [0.2, 0.25) is 0 Å². The lowest BCUT2D eigenvalue weighted by Gasteiger charge is -2.36. The largest absolute Gasteiger partial charge is 0.493 e. The highest BCUT2D eigenvalue weighted by molar-refractivity contribution is 8.02. The van der Waals surface area contributed by atoms with Gasteiger partial charge in [0, 0.05) is 47.9 Å². The van der Waals surface area contributed by atoms with E-state index in [0.29, 0.717) is 36.6 Å². The van der Waals surface area contributed by atoms with Crippen LogP contribution in [0.5, 0.6) is 17.2 Å². The number of hydrogen-bond donors (Lipinski definition) is 1. The van der Waals surface area contributed by atoms with Crippen molar-refractivity contribution in [1.29, 1.82) is 0 Å². The first-order valence-electron chi connectivity index (χ1n) is 14.0. The van der Waals surface area contributed by atoms with Crippen LogP contribution in [-0.4, -0.2) is 34.4 Å². The van der Waals surface area contributed by atoms with Crippen LogP contribution in [0.25, 0.3) is 0 Å². The van der Waals surface area contributed by atoms with Crippen molar-refractivity contribution in [3.8, 4) is 17.2 Å². The molecule has 0 heterocycles. The Kier molecular flexibility index (Phi) is 12.7. The minimum Gasteiger partial charge on any atom is -0.493 e. The topological polar surface area (TPSA) is 60.2 Å². The molecule has 2 N–H and O–H groups in total. The molecule has 10 heteroatoms. The number of anilines is 2. The maximum atomic E-state index is 15.2. The second kappa shape index (κ2) is 16.2. The first-order valence-corrected chi connectivity index (χ1v) is 15.0. The Bertz CT molecular complexity index is 1410. The summed E-state index contributed by atoms with van der Waals surface area (Å²) in [7, 11) is 5.05. The molecule has 232 valence electrons. The molecule has 0 aliphatic heterocycles. The fourth-order valence-corrected chi connectivity index (χ4v) is 5.60. The predicted octanol–water partition coefficient (Wildman–Crippen LogP) is 8.23. The summed E-state index contributed by atoms with van der Waals surface area (Å²) in [6, 6.07) is 14.1. The molecule has 0 radical (unpaired) electrons. The molecule has 0 amide bonds. The second-order valence-electron chi connectivity index (χ2n) is 9.64. The summed E-state index contributed by atoms with van der Waals surface area (Å²) in [6.07, 6.45) is 3.18. The van der Waals surface area contributed by atoms with Crippen LogP contribution in [0.4, 0.5) is 24.5 Å². The van der Waals surface area contributed by atoms with Crippen molar-refractivity contribution in [2.45, 2.75) is 39.4 Å². The third kappa shape index (κ3) is 8.42. The Morgan fingerprint density at radius 1 is 0.930 bits per heavy atom. The van der Waals surface area contributed by atoms with Crippen molar-refractivity contribution in [2.24, 2.45) is 5.73 Å². The number of methoxy groups -OCH3 is 2. The molecule has 0 atom stereocenters. The summed E-state index contributed by atoms with van der Waals surface area (Å²) in [5.74, 6) is 0.278. The van der Waals surface area contributed by atoms with Gasteiger partial charge in [0.15, 0.2) is 11.5 Å². The summed E-state index contributed by atoms with van der Waals surface area (Å²) in [5.41, 5.74) is 7.89. The normalized spacial score (nSPS) is 12.1. The first kappa shape index (κ1) is 33.7. The highest BCUT2D eigenvalue weighted by Gasteiger charge is 2.25. The van der Waals surface area contributed by atoms with Crippen LogP contribution >= 0.6 is 11.8 Å². The van der Waals surface area contributed by atoms with Gasteiger partial charge in [-0.3, -0.25) is 4.90 Å². The number of thioether (sulfide) groups is 1. The van der Waals surface area contributed by atoms with Gasteiger partial charge < -0.3 is 24.8 Å². The van der Waals surface area contributed by atoms with E-state index in [-0.39, 0.29) is 29.5 Å². The smallest absolute Gasteiger partial charge is 0.162 e. The van der Waals surface area contributed by atoms with Crippen LogP contribution < -0.4 is 29.7 Å². The molecule has 0 unspecified atom stereocenters. The van der Waals surface area contributed by atoms with E-state index in [1.165, 1.54) is 36.0 Å². The van der Waals surface area contributed by atoms with Gasteiger partial charge >= 0.3 is 0 Å². The van der Waals surface area contributed by atoms with Gasteiger partial charge in [-0.05, 0) is 81.3 Å². The van der Waals surface area contributed by atoms with Gasteiger partial charge in [-0.15, -0.1) is 11.8 Å². The number of benzene rings is 3. The number of nitrogens with two attached hydrogens (primary N) is 1. The number of hydrogen-bond acceptors (Lipinski definition) is 7. The molecule has 43 heavy (non-hydrogen) atoms. The maximum absolute atomic E-state index is 15.2. The zero-order valence-electron chi connectivity index (χ0n) is 25.5. The Labute approximate surface area is 256 Å². The summed E-state index contributed by atoms with van der Waals surface area (Å²) < 4.78 is 60.7. The zero-order chi connectivity index (χ0) is 31.5. The zero-order valence-corrected chi connectivity index (χ0v) is 26.4. The molecule has 6 nitrogen and oxygen atoms in total. The van der Waals surface area contributed by atoms with Gasteiger partial charge in [-0.1, -0.05) is 6.92 Å². The maximum Gasteiger partial charge on any atom is 0.162 e. The molecule has 3 rings (SSSR count). The number of ether oxygens (including phenoxy) is 3. The molecule has 0 bridgehead atoms. The minimum absolute atomic E-state index is 0.0161. The Balaban J connectivity index is 2.06. The van der Waals surface area contributed by atoms with E-state index in [9.17, 15) is 4.39 Å². The van der Waals surface area contributed by atoms with Crippen LogP contribution in [0.1, 0.15) is 39.2 Å². The Morgan fingerprint density at radius 2 is 1.56 bits per heavy atom. The third-order valence-electron chi connectivity index (χ3n) is 6.85. The molecular weight excluding hydrogens is 575 g/mol. The first-order chi connectivity index (χ1) is 20.7. The molecule has 0 aliphatic carbocycles. The average molecular weight is 616 g/mol. The molecular formula is C33H40F3N3O3S. The van der Waals surface area contributed by atoms with Crippen molar-refractivity contribution >= 4 is 23.1 Å². The van der Waals surface area contributed by atoms with Crippen LogP contribution in [-0.2, 0) is 5.75 Å². The van der Waals surface area contributed by atoms with E-state index in [4.69, 9.17) is 19.9 Å².